The van der Waals surface area contributed by atoms with E-state index in [4.69, 9.17) is 14.4 Å². The number of furan rings is 1. The SMILES string of the molecule is c1ccc(-c2cc(-c3ccccc3)cc(-c3cc(-c4ccc5c(c4)-c4ccccc4-c4ccccc4C54c5ccccc5-c5ccccc54)nc(-c4cccc5c4oc4ccccc45)n3)c2)cc1. The molecule has 12 aromatic rings. The van der Waals surface area contributed by atoms with Crippen molar-refractivity contribution in [1.29, 1.82) is 0 Å². The van der Waals surface area contributed by atoms with Crippen LogP contribution in [0.5, 0.6) is 0 Å². The molecule has 0 saturated carbocycles. The van der Waals surface area contributed by atoms with Crippen LogP contribution in [-0.2, 0) is 5.41 Å². The van der Waals surface area contributed by atoms with Gasteiger partial charge < -0.3 is 4.42 Å². The second-order valence-corrected chi connectivity index (χ2v) is 18.0. The maximum Gasteiger partial charge on any atom is 0.164 e. The smallest absolute Gasteiger partial charge is 0.164 e. The van der Waals surface area contributed by atoms with Crippen LogP contribution in [0.3, 0.4) is 0 Å². The van der Waals surface area contributed by atoms with Crippen molar-refractivity contribution in [3.05, 3.63) is 265 Å². The molecule has 2 heterocycles. The van der Waals surface area contributed by atoms with Crippen molar-refractivity contribution in [3.63, 3.8) is 0 Å². The lowest BCUT2D eigenvalue weighted by Gasteiger charge is -2.35. The van der Waals surface area contributed by atoms with Crippen LogP contribution < -0.4 is 0 Å². The predicted octanol–water partition coefficient (Wildman–Crippen LogP) is 16.7. The van der Waals surface area contributed by atoms with E-state index in [1.165, 1.54) is 55.6 Å². The van der Waals surface area contributed by atoms with E-state index in [0.29, 0.717) is 5.82 Å². The fourth-order valence-electron chi connectivity index (χ4n) is 11.4. The Morgan fingerprint density at radius 3 is 1.37 bits per heavy atom. The molecule has 0 N–H and O–H groups in total. The number of benzene rings is 10. The van der Waals surface area contributed by atoms with Crippen LogP contribution in [0.1, 0.15) is 22.3 Å². The molecule has 1 spiro atoms. The fraction of sp³-hybridized carbons (Fsp3) is 0.0154. The van der Waals surface area contributed by atoms with Gasteiger partial charge in [0, 0.05) is 21.9 Å². The second-order valence-electron chi connectivity index (χ2n) is 18.0. The Bertz CT molecular complexity index is 3870. The quantitative estimate of drug-likeness (QED) is 0.173. The highest BCUT2D eigenvalue weighted by Gasteiger charge is 2.49. The number of para-hydroxylation sites is 2. The van der Waals surface area contributed by atoms with Crippen LogP contribution in [0.2, 0.25) is 0 Å². The summed E-state index contributed by atoms with van der Waals surface area (Å²) in [6.45, 7) is 0. The fourth-order valence-corrected chi connectivity index (χ4v) is 11.4. The highest BCUT2D eigenvalue weighted by atomic mass is 16.3. The molecule has 68 heavy (non-hydrogen) atoms. The van der Waals surface area contributed by atoms with Crippen molar-refractivity contribution in [1.82, 2.24) is 9.97 Å². The molecule has 0 unspecified atom stereocenters. The molecule has 2 aromatic heterocycles. The van der Waals surface area contributed by atoms with Crippen molar-refractivity contribution in [2.75, 3.05) is 0 Å². The molecule has 0 radical (unpaired) electrons. The Morgan fingerprint density at radius 2 is 0.735 bits per heavy atom. The normalized spacial score (nSPS) is 12.8. The third-order valence-electron chi connectivity index (χ3n) is 14.3. The van der Waals surface area contributed by atoms with Gasteiger partial charge in [-0.15, -0.1) is 0 Å². The molecule has 316 valence electrons. The highest BCUT2D eigenvalue weighted by molar-refractivity contribution is 6.09. The van der Waals surface area contributed by atoms with E-state index in [1.807, 2.05) is 12.1 Å². The molecule has 0 amide bonds. The van der Waals surface area contributed by atoms with Crippen LogP contribution in [-0.4, -0.2) is 9.97 Å². The first kappa shape index (κ1) is 38.4. The third-order valence-corrected chi connectivity index (χ3v) is 14.3. The van der Waals surface area contributed by atoms with Gasteiger partial charge in [0.1, 0.15) is 11.2 Å². The largest absolute Gasteiger partial charge is 0.455 e. The van der Waals surface area contributed by atoms with E-state index >= 15 is 0 Å². The molecule has 0 fully saturated rings. The zero-order valence-corrected chi connectivity index (χ0v) is 36.9. The Balaban J connectivity index is 1.05. The monoisotopic (exact) mass is 864 g/mol. The molecular formula is C65H40N2O. The highest BCUT2D eigenvalue weighted by Crippen LogP contribution is 2.61. The maximum atomic E-state index is 6.67. The Morgan fingerprint density at radius 1 is 0.279 bits per heavy atom. The summed E-state index contributed by atoms with van der Waals surface area (Å²) in [5.41, 5.74) is 22.6. The summed E-state index contributed by atoms with van der Waals surface area (Å²) in [6, 6.07) is 87.8. The Kier molecular flexibility index (Phi) is 8.50. The van der Waals surface area contributed by atoms with Gasteiger partial charge in [-0.3, -0.25) is 0 Å². The first-order valence-electron chi connectivity index (χ1n) is 23.3. The van der Waals surface area contributed by atoms with Gasteiger partial charge >= 0.3 is 0 Å². The number of aromatic nitrogens is 2. The molecule has 3 nitrogen and oxygen atoms in total. The summed E-state index contributed by atoms with van der Waals surface area (Å²) in [7, 11) is 0. The van der Waals surface area contributed by atoms with Gasteiger partial charge in [0.15, 0.2) is 5.82 Å². The van der Waals surface area contributed by atoms with Gasteiger partial charge in [0.2, 0.25) is 0 Å². The van der Waals surface area contributed by atoms with Crippen molar-refractivity contribution >= 4 is 21.9 Å². The summed E-state index contributed by atoms with van der Waals surface area (Å²) in [4.78, 5) is 11.0. The number of hydrogen-bond donors (Lipinski definition) is 0. The summed E-state index contributed by atoms with van der Waals surface area (Å²) in [5, 5.41) is 2.10. The van der Waals surface area contributed by atoms with E-state index in [-0.39, 0.29) is 0 Å². The molecule has 0 saturated heterocycles. The topological polar surface area (TPSA) is 38.9 Å². The molecule has 10 aromatic carbocycles. The van der Waals surface area contributed by atoms with Crippen molar-refractivity contribution < 1.29 is 4.42 Å². The van der Waals surface area contributed by atoms with Crippen LogP contribution in [0.15, 0.2) is 247 Å². The minimum atomic E-state index is -0.568. The molecule has 2 aliphatic carbocycles. The molecule has 14 rings (SSSR count). The van der Waals surface area contributed by atoms with E-state index in [9.17, 15) is 0 Å². The van der Waals surface area contributed by atoms with Gasteiger partial charge in [-0.25, -0.2) is 9.97 Å². The van der Waals surface area contributed by atoms with E-state index in [0.717, 1.165) is 72.3 Å². The average molecular weight is 865 g/mol. The van der Waals surface area contributed by atoms with E-state index in [1.54, 1.807) is 0 Å². The summed E-state index contributed by atoms with van der Waals surface area (Å²) < 4.78 is 6.67. The molecule has 2 aliphatic rings. The molecule has 0 aliphatic heterocycles. The number of nitrogens with zero attached hydrogens (tertiary/aromatic N) is 2. The molecular weight excluding hydrogens is 825 g/mol. The van der Waals surface area contributed by atoms with Gasteiger partial charge in [-0.1, -0.05) is 200 Å². The van der Waals surface area contributed by atoms with E-state index in [2.05, 4.69) is 231 Å². The summed E-state index contributed by atoms with van der Waals surface area (Å²) in [6.07, 6.45) is 0. The molecule has 0 bridgehead atoms. The first-order valence-corrected chi connectivity index (χ1v) is 23.3. The molecule has 0 atom stereocenters. The predicted molar refractivity (Wildman–Crippen MR) is 278 cm³/mol. The van der Waals surface area contributed by atoms with Crippen molar-refractivity contribution in [2.45, 2.75) is 5.41 Å². The lowest BCUT2D eigenvalue weighted by molar-refractivity contribution is 0.669. The number of hydrogen-bond acceptors (Lipinski definition) is 3. The van der Waals surface area contributed by atoms with Crippen LogP contribution in [0.4, 0.5) is 0 Å². The third kappa shape index (κ3) is 5.72. The van der Waals surface area contributed by atoms with Gasteiger partial charge in [0.25, 0.3) is 0 Å². The standard InChI is InChI=1S/C65H40N2O/c1-3-18-41(19-4-1)44-36-45(42-20-5-2-6-21-42)38-46(37-44)61-40-60(66-64(67-61)54-29-17-28-53-52-27-12-16-33-62(52)68-63(53)54)43-34-35-59-55(39-43)48-23-8-7-22-47(48)49-24-9-13-30-56(49)65(59)57-31-14-10-25-50(57)51-26-11-15-32-58(51)65/h1-40H. The van der Waals surface area contributed by atoms with Crippen LogP contribution in [0.25, 0.3) is 111 Å². The van der Waals surface area contributed by atoms with Gasteiger partial charge in [0.05, 0.1) is 22.4 Å². The average Bonchev–Trinajstić information content (AvgIpc) is 3.92. The number of fused-ring (bicyclic) bond motifs is 15. The second kappa shape index (κ2) is 15.1. The Labute approximate surface area is 394 Å². The van der Waals surface area contributed by atoms with Crippen LogP contribution >= 0.6 is 0 Å². The zero-order chi connectivity index (χ0) is 44.8. The Hall–Kier alpha value is -8.92. The lowest BCUT2D eigenvalue weighted by atomic mass is 9.66. The first-order chi connectivity index (χ1) is 33.7. The van der Waals surface area contributed by atoms with Crippen molar-refractivity contribution in [3.8, 4) is 89.5 Å². The number of rotatable bonds is 5. The summed E-state index contributed by atoms with van der Waals surface area (Å²) >= 11 is 0. The molecule has 3 heteroatoms. The van der Waals surface area contributed by atoms with Crippen LogP contribution in [0, 0.1) is 0 Å². The minimum Gasteiger partial charge on any atom is -0.455 e. The van der Waals surface area contributed by atoms with Crippen molar-refractivity contribution in [2.24, 2.45) is 0 Å². The van der Waals surface area contributed by atoms with Gasteiger partial charge in [-0.05, 0) is 120 Å². The van der Waals surface area contributed by atoms with E-state index < -0.39 is 5.41 Å². The maximum absolute atomic E-state index is 6.67. The minimum absolute atomic E-state index is 0.568. The van der Waals surface area contributed by atoms with Gasteiger partial charge in [-0.2, -0.15) is 0 Å². The summed E-state index contributed by atoms with van der Waals surface area (Å²) in [5.74, 6) is 0.603. The zero-order valence-electron chi connectivity index (χ0n) is 36.9. The lowest BCUT2D eigenvalue weighted by Crippen LogP contribution is -2.29.